The molecule has 0 aromatic rings. The number of hydrogen-bond donors (Lipinski definition) is 0. The van der Waals surface area contributed by atoms with E-state index in [0.717, 1.165) is 6.29 Å². The van der Waals surface area contributed by atoms with E-state index >= 15 is 0 Å². The molecule has 0 amide bonds. The standard InChI is InChI=1S/C7H12O/c1-7(2,3)5-4-6-8/h4-6H,1-3H3/b5-4+. The average molecular weight is 112 g/mol. The Balaban J connectivity index is 3.69. The summed E-state index contributed by atoms with van der Waals surface area (Å²) in [6.45, 7) is 6.15. The predicted octanol–water partition coefficient (Wildman–Crippen LogP) is 1.79. The van der Waals surface area contributed by atoms with Crippen LogP contribution < -0.4 is 0 Å². The quantitative estimate of drug-likeness (QED) is 0.373. The first-order chi connectivity index (χ1) is 3.56. The minimum Gasteiger partial charge on any atom is -0.299 e. The van der Waals surface area contributed by atoms with Crippen LogP contribution in [0.3, 0.4) is 0 Å². The summed E-state index contributed by atoms with van der Waals surface area (Å²) >= 11 is 0. The van der Waals surface area contributed by atoms with E-state index in [2.05, 4.69) is 0 Å². The average Bonchev–Trinajstić information content (AvgIpc) is 1.59. The summed E-state index contributed by atoms with van der Waals surface area (Å²) in [4.78, 5) is 9.76. The van der Waals surface area contributed by atoms with Crippen LogP contribution in [0.1, 0.15) is 20.8 Å². The fraction of sp³-hybridized carbons (Fsp3) is 0.571. The van der Waals surface area contributed by atoms with Crippen LogP contribution in [-0.2, 0) is 4.79 Å². The van der Waals surface area contributed by atoms with E-state index in [1.807, 2.05) is 26.8 Å². The van der Waals surface area contributed by atoms with Crippen molar-refractivity contribution in [3.63, 3.8) is 0 Å². The second-order valence-corrected chi connectivity index (χ2v) is 2.86. The van der Waals surface area contributed by atoms with Gasteiger partial charge in [-0.25, -0.2) is 0 Å². The second-order valence-electron chi connectivity index (χ2n) is 2.86. The first-order valence-corrected chi connectivity index (χ1v) is 2.69. The summed E-state index contributed by atoms with van der Waals surface area (Å²) in [5.41, 5.74) is 0.140. The SMILES string of the molecule is CC(C)(C)/C=C/C=O. The topological polar surface area (TPSA) is 17.1 Å². The van der Waals surface area contributed by atoms with Gasteiger partial charge in [0.2, 0.25) is 0 Å². The van der Waals surface area contributed by atoms with Crippen molar-refractivity contribution in [2.75, 3.05) is 0 Å². The van der Waals surface area contributed by atoms with Crippen molar-refractivity contribution < 1.29 is 4.79 Å². The minimum atomic E-state index is 0.140. The Bertz CT molecular complexity index is 95.4. The molecule has 0 aromatic heterocycles. The van der Waals surface area contributed by atoms with Gasteiger partial charge in [-0.15, -0.1) is 0 Å². The molecule has 0 unspecified atom stereocenters. The van der Waals surface area contributed by atoms with Gasteiger partial charge in [-0.1, -0.05) is 26.8 Å². The van der Waals surface area contributed by atoms with Crippen molar-refractivity contribution in [3.8, 4) is 0 Å². The Hall–Kier alpha value is -0.590. The van der Waals surface area contributed by atoms with Crippen molar-refractivity contribution >= 4 is 6.29 Å². The Morgan fingerprint density at radius 3 is 1.88 bits per heavy atom. The van der Waals surface area contributed by atoms with Crippen molar-refractivity contribution in [3.05, 3.63) is 12.2 Å². The molecule has 0 bridgehead atoms. The van der Waals surface area contributed by atoms with Crippen molar-refractivity contribution in [2.24, 2.45) is 5.41 Å². The Kier molecular flexibility index (Phi) is 2.46. The van der Waals surface area contributed by atoms with E-state index in [1.54, 1.807) is 0 Å². The van der Waals surface area contributed by atoms with Crippen LogP contribution in [0, 0.1) is 5.41 Å². The van der Waals surface area contributed by atoms with Gasteiger partial charge < -0.3 is 0 Å². The summed E-state index contributed by atoms with van der Waals surface area (Å²) in [5, 5.41) is 0. The van der Waals surface area contributed by atoms with Gasteiger partial charge in [-0.2, -0.15) is 0 Å². The lowest BCUT2D eigenvalue weighted by molar-refractivity contribution is -0.104. The largest absolute Gasteiger partial charge is 0.299 e. The molecule has 0 fully saturated rings. The number of allylic oxidation sites excluding steroid dienone is 2. The van der Waals surface area contributed by atoms with E-state index < -0.39 is 0 Å². The fourth-order valence-electron chi connectivity index (χ4n) is 0.328. The third kappa shape index (κ3) is 5.41. The molecule has 0 atom stereocenters. The zero-order valence-electron chi connectivity index (χ0n) is 5.64. The highest BCUT2D eigenvalue weighted by molar-refractivity contribution is 5.64. The highest BCUT2D eigenvalue weighted by Crippen LogP contribution is 2.13. The zero-order valence-corrected chi connectivity index (χ0v) is 5.64. The number of aldehydes is 1. The summed E-state index contributed by atoms with van der Waals surface area (Å²) < 4.78 is 0. The lowest BCUT2D eigenvalue weighted by Gasteiger charge is -2.09. The van der Waals surface area contributed by atoms with Gasteiger partial charge in [-0.05, 0) is 11.5 Å². The summed E-state index contributed by atoms with van der Waals surface area (Å²) in [5.74, 6) is 0. The number of rotatable bonds is 1. The molecule has 0 N–H and O–H groups in total. The number of hydrogen-bond acceptors (Lipinski definition) is 1. The smallest absolute Gasteiger partial charge is 0.142 e. The summed E-state index contributed by atoms with van der Waals surface area (Å²) in [6.07, 6.45) is 4.20. The zero-order chi connectivity index (χ0) is 6.62. The molecule has 1 nitrogen and oxygen atoms in total. The first kappa shape index (κ1) is 7.41. The molecule has 46 valence electrons. The maximum atomic E-state index is 9.76. The van der Waals surface area contributed by atoms with E-state index in [1.165, 1.54) is 6.08 Å². The molecule has 0 saturated carbocycles. The highest BCUT2D eigenvalue weighted by Gasteiger charge is 2.01. The van der Waals surface area contributed by atoms with Crippen LogP contribution in [0.4, 0.5) is 0 Å². The molecule has 0 aromatic carbocycles. The Morgan fingerprint density at radius 1 is 1.25 bits per heavy atom. The summed E-state index contributed by atoms with van der Waals surface area (Å²) in [7, 11) is 0. The van der Waals surface area contributed by atoms with E-state index in [9.17, 15) is 4.79 Å². The Labute approximate surface area is 50.4 Å². The third-order valence-corrected chi connectivity index (χ3v) is 0.675. The van der Waals surface area contributed by atoms with Gasteiger partial charge in [0, 0.05) is 0 Å². The molecular weight excluding hydrogens is 100 g/mol. The van der Waals surface area contributed by atoms with Gasteiger partial charge in [0.25, 0.3) is 0 Å². The van der Waals surface area contributed by atoms with Crippen molar-refractivity contribution in [1.82, 2.24) is 0 Å². The lowest BCUT2D eigenvalue weighted by atomic mass is 9.97. The molecule has 0 heterocycles. The maximum Gasteiger partial charge on any atom is 0.142 e. The van der Waals surface area contributed by atoms with Crippen LogP contribution in [0.5, 0.6) is 0 Å². The molecule has 8 heavy (non-hydrogen) atoms. The summed E-state index contributed by atoms with van der Waals surface area (Å²) in [6, 6.07) is 0. The molecular formula is C7H12O. The Morgan fingerprint density at radius 2 is 1.75 bits per heavy atom. The molecule has 0 aliphatic heterocycles. The molecule has 0 rings (SSSR count). The predicted molar refractivity (Wildman–Crippen MR) is 34.7 cm³/mol. The molecule has 0 radical (unpaired) electrons. The van der Waals surface area contributed by atoms with Crippen LogP contribution in [0.15, 0.2) is 12.2 Å². The molecule has 0 aliphatic rings. The molecule has 0 spiro atoms. The van der Waals surface area contributed by atoms with E-state index in [-0.39, 0.29) is 5.41 Å². The van der Waals surface area contributed by atoms with Gasteiger partial charge in [0.05, 0.1) is 0 Å². The molecule has 0 saturated heterocycles. The fourth-order valence-corrected chi connectivity index (χ4v) is 0.328. The first-order valence-electron chi connectivity index (χ1n) is 2.69. The minimum absolute atomic E-state index is 0.140. The van der Waals surface area contributed by atoms with Crippen LogP contribution >= 0.6 is 0 Å². The number of carbonyl (C=O) groups excluding carboxylic acids is 1. The van der Waals surface area contributed by atoms with Crippen molar-refractivity contribution in [2.45, 2.75) is 20.8 Å². The van der Waals surface area contributed by atoms with Gasteiger partial charge in [0.15, 0.2) is 0 Å². The van der Waals surface area contributed by atoms with Gasteiger partial charge >= 0.3 is 0 Å². The van der Waals surface area contributed by atoms with Gasteiger partial charge in [0.1, 0.15) is 6.29 Å². The van der Waals surface area contributed by atoms with Gasteiger partial charge in [-0.3, -0.25) is 4.79 Å². The molecule has 0 aliphatic carbocycles. The van der Waals surface area contributed by atoms with Crippen LogP contribution in [0.2, 0.25) is 0 Å². The highest BCUT2D eigenvalue weighted by atomic mass is 16.1. The monoisotopic (exact) mass is 112 g/mol. The normalized spacial score (nSPS) is 12.4. The van der Waals surface area contributed by atoms with E-state index in [4.69, 9.17) is 0 Å². The molecule has 1 heteroatoms. The third-order valence-electron chi connectivity index (χ3n) is 0.675. The number of carbonyl (C=O) groups is 1. The second kappa shape index (κ2) is 2.65. The van der Waals surface area contributed by atoms with Crippen LogP contribution in [-0.4, -0.2) is 6.29 Å². The van der Waals surface area contributed by atoms with Crippen molar-refractivity contribution in [1.29, 1.82) is 0 Å². The maximum absolute atomic E-state index is 9.76. The lowest BCUT2D eigenvalue weighted by Crippen LogP contribution is -1.97. The van der Waals surface area contributed by atoms with E-state index in [0.29, 0.717) is 0 Å². The van der Waals surface area contributed by atoms with Crippen LogP contribution in [0.25, 0.3) is 0 Å².